The van der Waals surface area contributed by atoms with Crippen LogP contribution in [0.1, 0.15) is 39.2 Å². The summed E-state index contributed by atoms with van der Waals surface area (Å²) in [6, 6.07) is 11.7. The molecule has 0 radical (unpaired) electrons. The number of nitrogens with zero attached hydrogens (tertiary/aromatic N) is 1. The summed E-state index contributed by atoms with van der Waals surface area (Å²) < 4.78 is 22.3. The first-order chi connectivity index (χ1) is 17.4. The van der Waals surface area contributed by atoms with Crippen LogP contribution in [0.3, 0.4) is 0 Å². The van der Waals surface area contributed by atoms with Crippen molar-refractivity contribution in [3.8, 4) is 22.6 Å². The van der Waals surface area contributed by atoms with Gasteiger partial charge in [-0.2, -0.15) is 0 Å². The van der Waals surface area contributed by atoms with Crippen molar-refractivity contribution >= 4 is 28.4 Å². The molecule has 7 nitrogen and oxygen atoms in total. The molecule has 4 rings (SSSR count). The van der Waals surface area contributed by atoms with E-state index in [4.69, 9.17) is 18.6 Å². The average Bonchev–Trinajstić information content (AvgIpc) is 3.31. The Bertz CT molecular complexity index is 1270. The molecule has 1 amide bonds. The number of piperidine rings is 1. The standard InChI is InChI=1S/C29H33NO6/c1-5-34-26-16-27-24(25(18-36-27)20-9-7-11-22(14-20)33-4)15-23(26)19(3)13-28(31)30-12-8-10-21(17-30)29(32)35-6-2/h7,9,11,13-16,18,21H,5-6,8,10,12,17H2,1-4H3/b19-13+. The fourth-order valence-corrected chi connectivity index (χ4v) is 4.64. The van der Waals surface area contributed by atoms with E-state index in [-0.39, 0.29) is 17.8 Å². The van der Waals surface area contributed by atoms with E-state index in [1.165, 1.54) is 0 Å². The maximum Gasteiger partial charge on any atom is 0.310 e. The van der Waals surface area contributed by atoms with Crippen LogP contribution in [-0.2, 0) is 14.3 Å². The smallest absolute Gasteiger partial charge is 0.310 e. The van der Waals surface area contributed by atoms with Crippen LogP contribution in [0.2, 0.25) is 0 Å². The molecule has 2 heterocycles. The molecular weight excluding hydrogens is 458 g/mol. The van der Waals surface area contributed by atoms with Crippen LogP contribution in [0, 0.1) is 5.92 Å². The van der Waals surface area contributed by atoms with Crippen molar-refractivity contribution in [3.05, 3.63) is 54.3 Å². The van der Waals surface area contributed by atoms with Gasteiger partial charge in [0.05, 0.1) is 32.5 Å². The van der Waals surface area contributed by atoms with Crippen LogP contribution in [-0.4, -0.2) is 50.2 Å². The fraction of sp³-hybridized carbons (Fsp3) is 0.379. The van der Waals surface area contributed by atoms with Crippen LogP contribution in [0.15, 0.2) is 53.2 Å². The molecule has 1 aliphatic heterocycles. The van der Waals surface area contributed by atoms with E-state index >= 15 is 0 Å². The molecule has 1 saturated heterocycles. The van der Waals surface area contributed by atoms with Gasteiger partial charge in [-0.25, -0.2) is 0 Å². The van der Waals surface area contributed by atoms with Gasteiger partial charge < -0.3 is 23.5 Å². The number of ether oxygens (including phenoxy) is 3. The summed E-state index contributed by atoms with van der Waals surface area (Å²) in [6.07, 6.45) is 4.87. The van der Waals surface area contributed by atoms with Crippen LogP contribution < -0.4 is 9.47 Å². The Morgan fingerprint density at radius 2 is 2.00 bits per heavy atom. The highest BCUT2D eigenvalue weighted by molar-refractivity contribution is 6.00. The van der Waals surface area contributed by atoms with Gasteiger partial charge in [-0.1, -0.05) is 12.1 Å². The molecule has 7 heteroatoms. The minimum absolute atomic E-state index is 0.121. The highest BCUT2D eigenvalue weighted by Gasteiger charge is 2.29. The number of carbonyl (C=O) groups is 2. The number of allylic oxidation sites excluding steroid dienone is 1. The van der Waals surface area contributed by atoms with E-state index in [0.29, 0.717) is 37.6 Å². The van der Waals surface area contributed by atoms with Crippen molar-refractivity contribution in [1.29, 1.82) is 0 Å². The van der Waals surface area contributed by atoms with Crippen molar-refractivity contribution in [2.45, 2.75) is 33.6 Å². The maximum atomic E-state index is 13.2. The molecule has 190 valence electrons. The Morgan fingerprint density at radius 3 is 2.75 bits per heavy atom. The lowest BCUT2D eigenvalue weighted by molar-refractivity contribution is -0.150. The van der Waals surface area contributed by atoms with Crippen molar-refractivity contribution in [2.24, 2.45) is 5.92 Å². The summed E-state index contributed by atoms with van der Waals surface area (Å²) in [5, 5.41) is 0.919. The first kappa shape index (κ1) is 25.4. The largest absolute Gasteiger partial charge is 0.497 e. The van der Waals surface area contributed by atoms with Crippen LogP contribution in [0.25, 0.3) is 27.7 Å². The second-order valence-corrected chi connectivity index (χ2v) is 8.86. The third kappa shape index (κ3) is 5.40. The van der Waals surface area contributed by atoms with Gasteiger partial charge >= 0.3 is 5.97 Å². The number of amides is 1. The number of carbonyl (C=O) groups excluding carboxylic acids is 2. The molecule has 3 aromatic rings. The minimum Gasteiger partial charge on any atom is -0.497 e. The second-order valence-electron chi connectivity index (χ2n) is 8.86. The highest BCUT2D eigenvalue weighted by Crippen LogP contribution is 2.38. The number of rotatable bonds is 8. The summed E-state index contributed by atoms with van der Waals surface area (Å²) >= 11 is 0. The van der Waals surface area contributed by atoms with E-state index in [0.717, 1.165) is 46.2 Å². The lowest BCUT2D eigenvalue weighted by atomic mass is 9.97. The fourth-order valence-electron chi connectivity index (χ4n) is 4.64. The van der Waals surface area contributed by atoms with E-state index in [2.05, 4.69) is 0 Å². The molecule has 0 bridgehead atoms. The van der Waals surface area contributed by atoms with E-state index < -0.39 is 0 Å². The summed E-state index contributed by atoms with van der Waals surface area (Å²) in [6.45, 7) is 7.44. The van der Waals surface area contributed by atoms with Gasteiger partial charge in [0.25, 0.3) is 0 Å². The lowest BCUT2D eigenvalue weighted by Crippen LogP contribution is -2.42. The van der Waals surface area contributed by atoms with Crippen molar-refractivity contribution in [3.63, 3.8) is 0 Å². The predicted molar refractivity (Wildman–Crippen MR) is 139 cm³/mol. The Hall–Kier alpha value is -3.74. The molecule has 0 N–H and O–H groups in total. The quantitative estimate of drug-likeness (QED) is 0.297. The second kappa shape index (κ2) is 11.3. The number of likely N-dealkylation sites (tertiary alicyclic amines) is 1. The van der Waals surface area contributed by atoms with E-state index in [1.807, 2.05) is 50.2 Å². The van der Waals surface area contributed by atoms with E-state index in [1.54, 1.807) is 31.3 Å². The van der Waals surface area contributed by atoms with E-state index in [9.17, 15) is 9.59 Å². The van der Waals surface area contributed by atoms with Gasteiger partial charge in [0.1, 0.15) is 17.1 Å². The molecule has 1 atom stereocenters. The number of methoxy groups -OCH3 is 1. The Balaban J connectivity index is 1.66. The molecule has 0 spiro atoms. The summed E-state index contributed by atoms with van der Waals surface area (Å²) in [7, 11) is 1.64. The molecule has 2 aromatic carbocycles. The SMILES string of the molecule is CCOC(=O)C1CCCN(C(=O)/C=C(\C)c2cc3c(-c4cccc(OC)c4)coc3cc2OCC)C1. The van der Waals surface area contributed by atoms with Crippen molar-refractivity contribution in [1.82, 2.24) is 4.90 Å². The molecule has 1 unspecified atom stereocenters. The van der Waals surface area contributed by atoms with Crippen LogP contribution >= 0.6 is 0 Å². The topological polar surface area (TPSA) is 78.2 Å². The Kier molecular flexibility index (Phi) is 7.98. The van der Waals surface area contributed by atoms with Gasteiger partial charge in [0.15, 0.2) is 0 Å². The number of esters is 1. The predicted octanol–water partition coefficient (Wildman–Crippen LogP) is 5.71. The van der Waals surface area contributed by atoms with Gasteiger partial charge in [-0.3, -0.25) is 9.59 Å². The average molecular weight is 492 g/mol. The third-order valence-corrected chi connectivity index (χ3v) is 6.47. The first-order valence-electron chi connectivity index (χ1n) is 12.4. The number of furan rings is 1. The normalized spacial score (nSPS) is 16.2. The molecular formula is C29H33NO6. The van der Waals surface area contributed by atoms with Crippen LogP contribution in [0.4, 0.5) is 0 Å². The highest BCUT2D eigenvalue weighted by atomic mass is 16.5. The molecule has 36 heavy (non-hydrogen) atoms. The van der Waals surface area contributed by atoms with Crippen LogP contribution in [0.5, 0.6) is 11.5 Å². The molecule has 0 saturated carbocycles. The van der Waals surface area contributed by atoms with Gasteiger partial charge in [-0.05, 0) is 62.9 Å². The number of fused-ring (bicyclic) bond motifs is 1. The van der Waals surface area contributed by atoms with Crippen molar-refractivity contribution < 1.29 is 28.2 Å². The molecule has 1 fully saturated rings. The Morgan fingerprint density at radius 1 is 1.17 bits per heavy atom. The summed E-state index contributed by atoms with van der Waals surface area (Å²) in [4.78, 5) is 27.1. The van der Waals surface area contributed by atoms with Gasteiger partial charge in [0, 0.05) is 41.7 Å². The molecule has 1 aromatic heterocycles. The maximum absolute atomic E-state index is 13.2. The monoisotopic (exact) mass is 491 g/mol. The van der Waals surface area contributed by atoms with Gasteiger partial charge in [-0.15, -0.1) is 0 Å². The Labute approximate surface area is 211 Å². The zero-order chi connectivity index (χ0) is 25.7. The van der Waals surface area contributed by atoms with Gasteiger partial charge in [0.2, 0.25) is 5.91 Å². The van der Waals surface area contributed by atoms with Crippen molar-refractivity contribution in [2.75, 3.05) is 33.4 Å². The molecule has 1 aliphatic rings. The first-order valence-corrected chi connectivity index (χ1v) is 12.4. The summed E-state index contributed by atoms with van der Waals surface area (Å²) in [5.74, 6) is 0.788. The number of benzene rings is 2. The number of hydrogen-bond donors (Lipinski definition) is 0. The summed E-state index contributed by atoms with van der Waals surface area (Å²) in [5.41, 5.74) is 4.20. The number of hydrogen-bond acceptors (Lipinski definition) is 6. The molecule has 0 aliphatic carbocycles. The minimum atomic E-state index is -0.275. The zero-order valence-corrected chi connectivity index (χ0v) is 21.3. The lowest BCUT2D eigenvalue weighted by Gasteiger charge is -2.31. The zero-order valence-electron chi connectivity index (χ0n) is 21.3. The third-order valence-electron chi connectivity index (χ3n) is 6.47.